The molecule has 0 saturated heterocycles. The zero-order valence-electron chi connectivity index (χ0n) is 11.0. The first-order chi connectivity index (χ1) is 9.69. The first-order valence-electron chi connectivity index (χ1n) is 6.43. The molecule has 0 aliphatic rings. The molecule has 0 heterocycles. The third kappa shape index (κ3) is 4.03. The number of carbonyl (C=O) groups excluding carboxylic acids is 1. The van der Waals surface area contributed by atoms with E-state index in [1.807, 2.05) is 30.3 Å². The van der Waals surface area contributed by atoms with Crippen molar-refractivity contribution in [3.05, 3.63) is 60.2 Å². The van der Waals surface area contributed by atoms with E-state index in [1.54, 1.807) is 18.2 Å². The Hall–Kier alpha value is -1.94. The fourth-order valence-electron chi connectivity index (χ4n) is 1.97. The van der Waals surface area contributed by atoms with Gasteiger partial charge in [-0.15, -0.1) is 0 Å². The molecule has 1 atom stereocenters. The number of phenolic OH excluding ortho intramolecular Hbond substituents is 1. The molecule has 104 valence electrons. The van der Waals surface area contributed by atoms with Crippen LogP contribution in [0.2, 0.25) is 0 Å². The number of rotatable bonds is 5. The van der Waals surface area contributed by atoms with Gasteiger partial charge in [-0.2, -0.15) is 12.6 Å². The predicted molar refractivity (Wildman–Crippen MR) is 84.2 cm³/mol. The van der Waals surface area contributed by atoms with Crippen LogP contribution >= 0.6 is 12.6 Å². The van der Waals surface area contributed by atoms with Gasteiger partial charge in [0.05, 0.1) is 5.92 Å². The highest BCUT2D eigenvalue weighted by Gasteiger charge is 2.17. The third-order valence-electron chi connectivity index (χ3n) is 3.03. The van der Waals surface area contributed by atoms with E-state index in [2.05, 4.69) is 17.9 Å². The maximum absolute atomic E-state index is 12.2. The normalized spacial score (nSPS) is 11.8. The molecule has 0 bridgehead atoms. The van der Waals surface area contributed by atoms with Gasteiger partial charge in [0.1, 0.15) is 5.75 Å². The summed E-state index contributed by atoms with van der Waals surface area (Å²) in [6, 6.07) is 16.4. The molecule has 20 heavy (non-hydrogen) atoms. The molecular formula is C16H17NO2S. The molecule has 0 spiro atoms. The number of aromatic hydroxyl groups is 1. The third-order valence-corrected chi connectivity index (χ3v) is 3.47. The van der Waals surface area contributed by atoms with Gasteiger partial charge >= 0.3 is 0 Å². The molecular weight excluding hydrogens is 270 g/mol. The summed E-state index contributed by atoms with van der Waals surface area (Å²) in [5, 5.41) is 12.2. The van der Waals surface area contributed by atoms with Gasteiger partial charge in [0.2, 0.25) is 5.91 Å². The molecule has 0 aliphatic heterocycles. The Bertz CT molecular complexity index is 572. The molecule has 0 radical (unpaired) electrons. The molecule has 0 fully saturated rings. The zero-order valence-corrected chi connectivity index (χ0v) is 11.9. The van der Waals surface area contributed by atoms with Gasteiger partial charge in [-0.25, -0.2) is 0 Å². The number of nitrogens with one attached hydrogen (secondary N) is 1. The van der Waals surface area contributed by atoms with E-state index in [1.165, 1.54) is 6.07 Å². The van der Waals surface area contributed by atoms with Crippen molar-refractivity contribution in [3.63, 3.8) is 0 Å². The van der Waals surface area contributed by atoms with Crippen molar-refractivity contribution in [3.8, 4) is 5.75 Å². The van der Waals surface area contributed by atoms with E-state index in [-0.39, 0.29) is 17.6 Å². The minimum atomic E-state index is -0.205. The van der Waals surface area contributed by atoms with Crippen LogP contribution in [0.5, 0.6) is 5.75 Å². The quantitative estimate of drug-likeness (QED) is 0.740. The minimum Gasteiger partial charge on any atom is -0.508 e. The van der Waals surface area contributed by atoms with Crippen molar-refractivity contribution in [1.82, 2.24) is 0 Å². The topological polar surface area (TPSA) is 49.3 Å². The summed E-state index contributed by atoms with van der Waals surface area (Å²) in [5.41, 5.74) is 1.70. The summed E-state index contributed by atoms with van der Waals surface area (Å²) in [7, 11) is 0. The lowest BCUT2D eigenvalue weighted by molar-refractivity contribution is -0.119. The molecule has 4 heteroatoms. The lowest BCUT2D eigenvalue weighted by Crippen LogP contribution is -2.26. The van der Waals surface area contributed by atoms with Gasteiger partial charge in [-0.3, -0.25) is 4.79 Å². The van der Waals surface area contributed by atoms with Crippen LogP contribution in [-0.2, 0) is 11.2 Å². The summed E-state index contributed by atoms with van der Waals surface area (Å²) >= 11 is 4.26. The average molecular weight is 287 g/mol. The van der Waals surface area contributed by atoms with Crippen LogP contribution in [0.3, 0.4) is 0 Å². The van der Waals surface area contributed by atoms with Gasteiger partial charge in [-0.05, 0) is 24.1 Å². The first kappa shape index (κ1) is 14.5. The summed E-state index contributed by atoms with van der Waals surface area (Å²) in [6.07, 6.45) is 0.648. The Morgan fingerprint density at radius 1 is 1.15 bits per heavy atom. The lowest BCUT2D eigenvalue weighted by Gasteiger charge is -2.15. The fourth-order valence-corrected chi connectivity index (χ4v) is 2.26. The van der Waals surface area contributed by atoms with Crippen LogP contribution in [0.1, 0.15) is 5.56 Å². The monoisotopic (exact) mass is 287 g/mol. The van der Waals surface area contributed by atoms with Crippen molar-refractivity contribution in [2.45, 2.75) is 6.42 Å². The Balaban J connectivity index is 2.02. The second-order valence-corrected chi connectivity index (χ2v) is 4.97. The largest absolute Gasteiger partial charge is 0.508 e. The molecule has 2 rings (SSSR count). The van der Waals surface area contributed by atoms with E-state index < -0.39 is 0 Å². The second kappa shape index (κ2) is 7.01. The number of phenols is 1. The highest BCUT2D eigenvalue weighted by atomic mass is 32.1. The minimum absolute atomic E-state index is 0.0885. The van der Waals surface area contributed by atoms with E-state index in [0.29, 0.717) is 17.9 Å². The number of carbonyl (C=O) groups is 1. The van der Waals surface area contributed by atoms with Gasteiger partial charge in [0.15, 0.2) is 0 Å². The van der Waals surface area contributed by atoms with E-state index in [4.69, 9.17) is 0 Å². The number of anilines is 1. The van der Waals surface area contributed by atoms with Crippen molar-refractivity contribution < 1.29 is 9.90 Å². The highest BCUT2D eigenvalue weighted by Crippen LogP contribution is 2.18. The number of benzene rings is 2. The zero-order chi connectivity index (χ0) is 14.4. The molecule has 0 saturated carbocycles. The van der Waals surface area contributed by atoms with Crippen molar-refractivity contribution in [1.29, 1.82) is 0 Å². The van der Waals surface area contributed by atoms with Crippen LogP contribution in [0.25, 0.3) is 0 Å². The van der Waals surface area contributed by atoms with Crippen molar-refractivity contribution >= 4 is 24.2 Å². The molecule has 2 aromatic rings. The fraction of sp³-hybridized carbons (Fsp3) is 0.188. The predicted octanol–water partition coefficient (Wildman–Crippen LogP) is 3.12. The van der Waals surface area contributed by atoms with Crippen molar-refractivity contribution in [2.24, 2.45) is 5.92 Å². The summed E-state index contributed by atoms with van der Waals surface area (Å²) in [6.45, 7) is 0. The lowest BCUT2D eigenvalue weighted by atomic mass is 10.00. The molecule has 3 nitrogen and oxygen atoms in total. The van der Waals surface area contributed by atoms with Crippen LogP contribution in [0.4, 0.5) is 5.69 Å². The maximum atomic E-state index is 12.2. The highest BCUT2D eigenvalue weighted by molar-refractivity contribution is 7.80. The van der Waals surface area contributed by atoms with Gasteiger partial charge in [0, 0.05) is 17.5 Å². The SMILES string of the molecule is O=C(Nc1cccc(O)c1)C(CS)Cc1ccccc1. The second-order valence-electron chi connectivity index (χ2n) is 4.61. The van der Waals surface area contributed by atoms with E-state index >= 15 is 0 Å². The molecule has 1 unspecified atom stereocenters. The maximum Gasteiger partial charge on any atom is 0.228 e. The molecule has 0 aromatic heterocycles. The Morgan fingerprint density at radius 3 is 2.55 bits per heavy atom. The number of hydrogen-bond acceptors (Lipinski definition) is 3. The molecule has 2 N–H and O–H groups in total. The summed E-state index contributed by atoms with van der Waals surface area (Å²) in [5.74, 6) is 0.310. The standard InChI is InChI=1S/C16H17NO2S/c18-15-8-4-7-14(10-15)17-16(19)13(11-20)9-12-5-2-1-3-6-12/h1-8,10,13,18,20H,9,11H2,(H,17,19). The smallest absolute Gasteiger partial charge is 0.228 e. The molecule has 2 aromatic carbocycles. The van der Waals surface area contributed by atoms with Gasteiger partial charge in [-0.1, -0.05) is 36.4 Å². The van der Waals surface area contributed by atoms with Gasteiger partial charge in [0.25, 0.3) is 0 Å². The van der Waals surface area contributed by atoms with Crippen LogP contribution in [0, 0.1) is 5.92 Å². The van der Waals surface area contributed by atoms with Crippen LogP contribution < -0.4 is 5.32 Å². The summed E-state index contributed by atoms with van der Waals surface area (Å²) in [4.78, 5) is 12.2. The molecule has 1 amide bonds. The number of amides is 1. The Labute approximate surface area is 124 Å². The number of thiol groups is 1. The Morgan fingerprint density at radius 2 is 1.90 bits per heavy atom. The molecule has 0 aliphatic carbocycles. The van der Waals surface area contributed by atoms with Crippen LogP contribution in [0.15, 0.2) is 54.6 Å². The van der Waals surface area contributed by atoms with E-state index in [9.17, 15) is 9.90 Å². The van der Waals surface area contributed by atoms with E-state index in [0.717, 1.165) is 5.56 Å². The van der Waals surface area contributed by atoms with Crippen molar-refractivity contribution in [2.75, 3.05) is 11.1 Å². The van der Waals surface area contributed by atoms with Gasteiger partial charge < -0.3 is 10.4 Å². The number of hydrogen-bond donors (Lipinski definition) is 3. The Kier molecular flexibility index (Phi) is 5.07. The first-order valence-corrected chi connectivity index (χ1v) is 7.07. The van der Waals surface area contributed by atoms with Crippen LogP contribution in [-0.4, -0.2) is 16.8 Å². The average Bonchev–Trinajstić information content (AvgIpc) is 2.45. The summed E-state index contributed by atoms with van der Waals surface area (Å²) < 4.78 is 0.